The average Bonchev–Trinajstić information content (AvgIpc) is 3.06. The van der Waals surface area contributed by atoms with Crippen LogP contribution in [-0.2, 0) is 9.59 Å². The number of rotatable bonds is 3. The van der Waals surface area contributed by atoms with Crippen molar-refractivity contribution in [2.24, 2.45) is 10.9 Å². The molecular weight excluding hydrogens is 350 g/mol. The number of para-hydroxylation sites is 3. The molecule has 1 unspecified atom stereocenters. The van der Waals surface area contributed by atoms with Crippen LogP contribution in [0.2, 0.25) is 5.02 Å². The first-order valence-corrected chi connectivity index (χ1v) is 9.03. The van der Waals surface area contributed by atoms with E-state index in [2.05, 4.69) is 5.32 Å². The Balaban J connectivity index is 1.62. The van der Waals surface area contributed by atoms with E-state index in [1.165, 1.54) is 0 Å². The molecule has 0 radical (unpaired) electrons. The fourth-order valence-corrected chi connectivity index (χ4v) is 3.72. The van der Waals surface area contributed by atoms with Crippen LogP contribution in [-0.4, -0.2) is 24.1 Å². The number of hydrogen-bond donors (Lipinski definition) is 1. The first-order valence-electron chi connectivity index (χ1n) is 8.66. The lowest BCUT2D eigenvalue weighted by molar-refractivity contribution is -0.122. The molecule has 1 aliphatic heterocycles. The molecule has 0 bridgehead atoms. The molecule has 6 heteroatoms. The highest BCUT2D eigenvalue weighted by atomic mass is 35.5. The highest BCUT2D eigenvalue weighted by Crippen LogP contribution is 2.37. The molecule has 5 nitrogen and oxygen atoms in total. The monoisotopic (exact) mass is 367 g/mol. The van der Waals surface area contributed by atoms with Gasteiger partial charge in [0.2, 0.25) is 11.8 Å². The smallest absolute Gasteiger partial charge is 0.244 e. The lowest BCUT2D eigenvalue weighted by atomic mass is 10.1. The molecule has 0 saturated heterocycles. The van der Waals surface area contributed by atoms with Crippen molar-refractivity contribution in [1.29, 1.82) is 0 Å². The average molecular weight is 368 g/mol. The Morgan fingerprint density at radius 1 is 1.19 bits per heavy atom. The predicted molar refractivity (Wildman–Crippen MR) is 103 cm³/mol. The number of fused-ring (bicyclic) bond motifs is 2. The summed E-state index contributed by atoms with van der Waals surface area (Å²) in [4.78, 5) is 31.9. The molecule has 2 aliphatic rings. The van der Waals surface area contributed by atoms with Gasteiger partial charge in [-0.05, 0) is 43.5 Å². The summed E-state index contributed by atoms with van der Waals surface area (Å²) in [6.45, 7) is -0.0691. The van der Waals surface area contributed by atoms with Gasteiger partial charge >= 0.3 is 0 Å². The second kappa shape index (κ2) is 6.92. The van der Waals surface area contributed by atoms with Crippen molar-refractivity contribution in [2.75, 3.05) is 16.8 Å². The summed E-state index contributed by atoms with van der Waals surface area (Å²) in [5.74, 6) is -0.571. The number of amides is 2. The van der Waals surface area contributed by atoms with Crippen LogP contribution in [0, 0.1) is 5.92 Å². The van der Waals surface area contributed by atoms with Gasteiger partial charge in [0.1, 0.15) is 6.54 Å². The Hall–Kier alpha value is -2.66. The minimum Gasteiger partial charge on any atom is -0.323 e. The number of benzene rings is 2. The number of nitrogens with one attached hydrogen (secondary N) is 1. The van der Waals surface area contributed by atoms with Gasteiger partial charge in [-0.1, -0.05) is 35.9 Å². The molecule has 1 aliphatic carbocycles. The van der Waals surface area contributed by atoms with Crippen LogP contribution >= 0.6 is 11.6 Å². The van der Waals surface area contributed by atoms with Gasteiger partial charge in [-0.25, -0.2) is 0 Å². The zero-order valence-electron chi connectivity index (χ0n) is 14.1. The molecule has 26 heavy (non-hydrogen) atoms. The third-order valence-electron chi connectivity index (χ3n) is 4.78. The number of anilines is 2. The summed E-state index contributed by atoms with van der Waals surface area (Å²) >= 11 is 6.11. The standard InChI is InChI=1S/C20H18ClN3O2/c21-14-7-1-2-8-16(14)23-19(25)12-24-18-11-4-3-9-17(18)22-15-10-5-6-13(15)20(24)26/h1-4,7-9,11,13H,5-6,10,12H2,(H,23,25). The van der Waals surface area contributed by atoms with Gasteiger partial charge in [-0.2, -0.15) is 0 Å². The quantitative estimate of drug-likeness (QED) is 0.883. The summed E-state index contributed by atoms with van der Waals surface area (Å²) < 4.78 is 0. The van der Waals surface area contributed by atoms with E-state index in [1.807, 2.05) is 24.3 Å². The van der Waals surface area contributed by atoms with E-state index in [1.54, 1.807) is 29.2 Å². The summed E-state index contributed by atoms with van der Waals surface area (Å²) in [7, 11) is 0. The van der Waals surface area contributed by atoms with E-state index in [4.69, 9.17) is 16.6 Å². The highest BCUT2D eigenvalue weighted by Gasteiger charge is 2.37. The van der Waals surface area contributed by atoms with Gasteiger partial charge in [-0.15, -0.1) is 0 Å². The number of carbonyl (C=O) groups excluding carboxylic acids is 2. The zero-order valence-corrected chi connectivity index (χ0v) is 14.9. The third kappa shape index (κ3) is 3.10. The van der Waals surface area contributed by atoms with Crippen molar-refractivity contribution < 1.29 is 9.59 Å². The molecule has 2 amide bonds. The maximum atomic E-state index is 13.1. The van der Waals surface area contributed by atoms with Crippen molar-refractivity contribution in [2.45, 2.75) is 19.3 Å². The molecule has 0 aromatic heterocycles. The maximum Gasteiger partial charge on any atom is 0.244 e. The van der Waals surface area contributed by atoms with Crippen molar-refractivity contribution in [3.8, 4) is 0 Å². The minimum absolute atomic E-state index is 0.0551. The van der Waals surface area contributed by atoms with Crippen LogP contribution in [0.1, 0.15) is 19.3 Å². The van der Waals surface area contributed by atoms with Crippen LogP contribution < -0.4 is 10.2 Å². The summed E-state index contributed by atoms with van der Waals surface area (Å²) in [5, 5.41) is 3.25. The molecule has 1 heterocycles. The lowest BCUT2D eigenvalue weighted by Gasteiger charge is -2.24. The lowest BCUT2D eigenvalue weighted by Crippen LogP contribution is -2.41. The van der Waals surface area contributed by atoms with Gasteiger partial charge in [-0.3, -0.25) is 14.6 Å². The van der Waals surface area contributed by atoms with Gasteiger partial charge in [0.25, 0.3) is 0 Å². The van der Waals surface area contributed by atoms with Crippen molar-refractivity contribution in [3.05, 3.63) is 53.6 Å². The van der Waals surface area contributed by atoms with E-state index in [9.17, 15) is 9.59 Å². The first-order chi connectivity index (χ1) is 12.6. The number of hydrogen-bond acceptors (Lipinski definition) is 3. The second-order valence-electron chi connectivity index (χ2n) is 6.49. The van der Waals surface area contributed by atoms with Crippen LogP contribution in [0.4, 0.5) is 17.1 Å². The fraction of sp³-hybridized carbons (Fsp3) is 0.250. The van der Waals surface area contributed by atoms with E-state index in [-0.39, 0.29) is 24.3 Å². The van der Waals surface area contributed by atoms with Crippen LogP contribution in [0.25, 0.3) is 0 Å². The fourth-order valence-electron chi connectivity index (χ4n) is 3.54. The van der Waals surface area contributed by atoms with Gasteiger partial charge in [0.15, 0.2) is 0 Å². The van der Waals surface area contributed by atoms with E-state index >= 15 is 0 Å². The Morgan fingerprint density at radius 2 is 1.96 bits per heavy atom. The third-order valence-corrected chi connectivity index (χ3v) is 5.11. The zero-order chi connectivity index (χ0) is 18.1. The summed E-state index contributed by atoms with van der Waals surface area (Å²) in [5.41, 5.74) is 2.88. The largest absolute Gasteiger partial charge is 0.323 e. The molecule has 0 spiro atoms. The molecule has 1 saturated carbocycles. The topological polar surface area (TPSA) is 61.8 Å². The molecule has 4 rings (SSSR count). The van der Waals surface area contributed by atoms with Crippen molar-refractivity contribution in [1.82, 2.24) is 0 Å². The molecular formula is C20H18ClN3O2. The first kappa shape index (κ1) is 16.8. The van der Waals surface area contributed by atoms with Crippen LogP contribution in [0.3, 0.4) is 0 Å². The van der Waals surface area contributed by atoms with Crippen LogP contribution in [0.15, 0.2) is 53.5 Å². The number of nitrogens with zero attached hydrogens (tertiary/aromatic N) is 2. The predicted octanol–water partition coefficient (Wildman–Crippen LogP) is 4.20. The maximum absolute atomic E-state index is 13.1. The second-order valence-corrected chi connectivity index (χ2v) is 6.90. The minimum atomic E-state index is -0.289. The molecule has 132 valence electrons. The molecule has 2 aromatic carbocycles. The van der Waals surface area contributed by atoms with Crippen molar-refractivity contribution >= 4 is 46.2 Å². The summed E-state index contributed by atoms with van der Waals surface area (Å²) in [6.07, 6.45) is 2.58. The molecule has 1 N–H and O–H groups in total. The Bertz CT molecular complexity index is 909. The van der Waals surface area contributed by atoms with E-state index in [0.29, 0.717) is 16.4 Å². The SMILES string of the molecule is O=C(CN1C(=O)C2CCCC2=Nc2ccccc21)Nc1ccccc1Cl. The van der Waals surface area contributed by atoms with Crippen LogP contribution in [0.5, 0.6) is 0 Å². The number of carbonyl (C=O) groups is 2. The molecule has 2 aromatic rings. The number of aliphatic imine (C=N–C) groups is 1. The van der Waals surface area contributed by atoms with E-state index < -0.39 is 0 Å². The number of halogens is 1. The Morgan fingerprint density at radius 3 is 2.81 bits per heavy atom. The van der Waals surface area contributed by atoms with Gasteiger partial charge < -0.3 is 10.2 Å². The summed E-state index contributed by atoms with van der Waals surface area (Å²) in [6, 6.07) is 14.5. The van der Waals surface area contributed by atoms with Gasteiger partial charge in [0, 0.05) is 5.71 Å². The Kier molecular flexibility index (Phi) is 4.47. The van der Waals surface area contributed by atoms with E-state index in [0.717, 1.165) is 30.7 Å². The highest BCUT2D eigenvalue weighted by molar-refractivity contribution is 6.33. The molecule has 1 atom stereocenters. The molecule has 1 fully saturated rings. The normalized spacial score (nSPS) is 18.7. The van der Waals surface area contributed by atoms with Crippen molar-refractivity contribution in [3.63, 3.8) is 0 Å². The Labute approximate surface area is 156 Å². The van der Waals surface area contributed by atoms with Gasteiger partial charge in [0.05, 0.1) is 28.0 Å².